The zero-order valence-electron chi connectivity index (χ0n) is 12.1. The molecule has 2 rings (SSSR count). The van der Waals surface area contributed by atoms with Crippen molar-refractivity contribution in [3.8, 4) is 0 Å². The van der Waals surface area contributed by atoms with Gasteiger partial charge in [-0.05, 0) is 52.7 Å². The van der Waals surface area contributed by atoms with Crippen molar-refractivity contribution >= 4 is 31.6 Å². The molecule has 7 heteroatoms. The van der Waals surface area contributed by atoms with Gasteiger partial charge in [0.05, 0.1) is 10.2 Å². The lowest BCUT2D eigenvalue weighted by Gasteiger charge is -2.33. The van der Waals surface area contributed by atoms with Crippen LogP contribution in [0.4, 0.5) is 10.1 Å². The topological polar surface area (TPSA) is 63.4 Å². The maximum Gasteiger partial charge on any atom is 0.245 e. The molecule has 0 aliphatic carbocycles. The summed E-state index contributed by atoms with van der Waals surface area (Å²) in [7, 11) is -3.67. The summed E-state index contributed by atoms with van der Waals surface area (Å²) in [5, 5.41) is 0. The quantitative estimate of drug-likeness (QED) is 0.821. The molecule has 1 heterocycles. The zero-order chi connectivity index (χ0) is 15.8. The van der Waals surface area contributed by atoms with E-state index in [9.17, 15) is 12.8 Å². The molecule has 4 nitrogen and oxygen atoms in total. The molecule has 0 bridgehead atoms. The lowest BCUT2D eigenvalue weighted by atomic mass is 9.87. The summed E-state index contributed by atoms with van der Waals surface area (Å²) in [6.45, 7) is 5.28. The third kappa shape index (κ3) is 3.40. The number of rotatable bonds is 3. The number of sulfonamides is 1. The first-order chi connectivity index (χ1) is 9.73. The van der Waals surface area contributed by atoms with Gasteiger partial charge in [-0.2, -0.15) is 4.31 Å². The minimum Gasteiger partial charge on any atom is -0.398 e. The SMILES string of the molecule is CC(C)C1CCN(S(=O)(=O)c2cc(Br)c(F)cc2N)CC1. The molecule has 118 valence electrons. The second-order valence-electron chi connectivity index (χ2n) is 5.79. The Balaban J connectivity index is 2.26. The highest BCUT2D eigenvalue weighted by molar-refractivity contribution is 9.10. The highest BCUT2D eigenvalue weighted by Crippen LogP contribution is 2.32. The van der Waals surface area contributed by atoms with E-state index >= 15 is 0 Å². The molecule has 0 aromatic heterocycles. The standard InChI is InChI=1S/C14H20BrFN2O2S/c1-9(2)10-3-5-18(6-4-10)21(19,20)14-7-11(15)12(16)8-13(14)17/h7-10H,3-6,17H2,1-2H3. The van der Waals surface area contributed by atoms with Gasteiger partial charge in [-0.25, -0.2) is 12.8 Å². The van der Waals surface area contributed by atoms with Gasteiger partial charge in [0.1, 0.15) is 10.7 Å². The smallest absolute Gasteiger partial charge is 0.245 e. The fraction of sp³-hybridized carbons (Fsp3) is 0.571. The molecule has 1 fully saturated rings. The summed E-state index contributed by atoms with van der Waals surface area (Å²) in [5.41, 5.74) is 5.64. The third-order valence-corrected chi connectivity index (χ3v) is 6.67. The van der Waals surface area contributed by atoms with Crippen LogP contribution in [0.1, 0.15) is 26.7 Å². The van der Waals surface area contributed by atoms with Crippen molar-refractivity contribution in [2.45, 2.75) is 31.6 Å². The number of nitrogens with two attached hydrogens (primary N) is 1. The zero-order valence-corrected chi connectivity index (χ0v) is 14.5. The van der Waals surface area contributed by atoms with Crippen LogP contribution in [0.5, 0.6) is 0 Å². The first-order valence-electron chi connectivity index (χ1n) is 6.98. The highest BCUT2D eigenvalue weighted by atomic mass is 79.9. The largest absolute Gasteiger partial charge is 0.398 e. The predicted octanol–water partition coefficient (Wildman–Crippen LogP) is 3.23. The van der Waals surface area contributed by atoms with Gasteiger partial charge in [0.15, 0.2) is 0 Å². The van der Waals surface area contributed by atoms with Crippen LogP contribution in [0.3, 0.4) is 0 Å². The lowest BCUT2D eigenvalue weighted by Crippen LogP contribution is -2.39. The van der Waals surface area contributed by atoms with E-state index in [0.29, 0.717) is 24.9 Å². The Morgan fingerprint density at radius 3 is 2.43 bits per heavy atom. The van der Waals surface area contributed by atoms with E-state index in [0.717, 1.165) is 18.9 Å². The molecule has 2 N–H and O–H groups in total. The average molecular weight is 379 g/mol. The molecule has 1 aliphatic heterocycles. The first kappa shape index (κ1) is 16.7. The number of nitrogen functional groups attached to an aromatic ring is 1. The van der Waals surface area contributed by atoms with Crippen molar-refractivity contribution < 1.29 is 12.8 Å². The molecule has 0 atom stereocenters. The number of anilines is 1. The maximum atomic E-state index is 13.4. The fourth-order valence-electron chi connectivity index (χ4n) is 2.69. The van der Waals surface area contributed by atoms with E-state index in [1.807, 2.05) is 0 Å². The van der Waals surface area contributed by atoms with Crippen molar-refractivity contribution in [2.24, 2.45) is 11.8 Å². The van der Waals surface area contributed by atoms with Crippen LogP contribution < -0.4 is 5.73 Å². The Kier molecular flexibility index (Phi) is 4.95. The Hall–Kier alpha value is -0.660. The second kappa shape index (κ2) is 6.22. The normalized spacial score (nSPS) is 18.3. The maximum absolute atomic E-state index is 13.4. The molecular formula is C14H20BrFN2O2S. The Labute approximate surface area is 133 Å². The van der Waals surface area contributed by atoms with Crippen LogP contribution in [0.25, 0.3) is 0 Å². The summed E-state index contributed by atoms with van der Waals surface area (Å²) in [4.78, 5) is -0.0289. The molecule has 0 unspecified atom stereocenters. The van der Waals surface area contributed by atoms with Gasteiger partial charge >= 0.3 is 0 Å². The molecule has 1 aliphatic rings. The minimum atomic E-state index is -3.67. The summed E-state index contributed by atoms with van der Waals surface area (Å²) in [5.74, 6) is 0.540. The Bertz CT molecular complexity index is 626. The van der Waals surface area contributed by atoms with Gasteiger partial charge in [-0.15, -0.1) is 0 Å². The van der Waals surface area contributed by atoms with Crippen molar-refractivity contribution in [3.63, 3.8) is 0 Å². The van der Waals surface area contributed by atoms with E-state index in [2.05, 4.69) is 29.8 Å². The number of hydrogen-bond acceptors (Lipinski definition) is 3. The number of halogens is 2. The lowest BCUT2D eigenvalue weighted by molar-refractivity contribution is 0.226. The molecule has 1 aromatic carbocycles. The Morgan fingerprint density at radius 2 is 1.90 bits per heavy atom. The molecule has 0 amide bonds. The van der Waals surface area contributed by atoms with Crippen LogP contribution in [0, 0.1) is 17.7 Å². The predicted molar refractivity (Wildman–Crippen MR) is 84.8 cm³/mol. The summed E-state index contributed by atoms with van der Waals surface area (Å²) >= 11 is 3.01. The second-order valence-corrected chi connectivity index (χ2v) is 8.55. The third-order valence-electron chi connectivity index (χ3n) is 4.11. The first-order valence-corrected chi connectivity index (χ1v) is 9.21. The van der Waals surface area contributed by atoms with Gasteiger partial charge in [0, 0.05) is 13.1 Å². The van der Waals surface area contributed by atoms with E-state index in [1.165, 1.54) is 10.4 Å². The van der Waals surface area contributed by atoms with E-state index in [-0.39, 0.29) is 15.1 Å². The van der Waals surface area contributed by atoms with Gasteiger partial charge in [0.25, 0.3) is 0 Å². The van der Waals surface area contributed by atoms with Gasteiger partial charge < -0.3 is 5.73 Å². The van der Waals surface area contributed by atoms with E-state index < -0.39 is 15.8 Å². The molecular weight excluding hydrogens is 359 g/mol. The van der Waals surface area contributed by atoms with Crippen LogP contribution in [0.15, 0.2) is 21.5 Å². The number of nitrogens with zero attached hydrogens (tertiary/aromatic N) is 1. The van der Waals surface area contributed by atoms with Crippen LogP contribution in [-0.4, -0.2) is 25.8 Å². The van der Waals surface area contributed by atoms with Crippen LogP contribution in [0.2, 0.25) is 0 Å². The van der Waals surface area contributed by atoms with Gasteiger partial charge in [-0.3, -0.25) is 0 Å². The number of benzene rings is 1. The summed E-state index contributed by atoms with van der Waals surface area (Å²) < 4.78 is 40.2. The molecule has 0 saturated carbocycles. The van der Waals surface area contributed by atoms with Gasteiger partial charge in [0.2, 0.25) is 10.0 Å². The molecule has 1 aromatic rings. The van der Waals surface area contributed by atoms with Crippen molar-refractivity contribution in [2.75, 3.05) is 18.8 Å². The van der Waals surface area contributed by atoms with Crippen molar-refractivity contribution in [1.82, 2.24) is 4.31 Å². The van der Waals surface area contributed by atoms with Crippen molar-refractivity contribution in [1.29, 1.82) is 0 Å². The number of piperidine rings is 1. The summed E-state index contributed by atoms with van der Waals surface area (Å²) in [6, 6.07) is 2.28. The molecule has 1 saturated heterocycles. The van der Waals surface area contributed by atoms with Crippen LogP contribution >= 0.6 is 15.9 Å². The van der Waals surface area contributed by atoms with Crippen molar-refractivity contribution in [3.05, 3.63) is 22.4 Å². The molecule has 0 spiro atoms. The highest BCUT2D eigenvalue weighted by Gasteiger charge is 2.32. The molecule has 21 heavy (non-hydrogen) atoms. The van der Waals surface area contributed by atoms with E-state index in [1.54, 1.807) is 0 Å². The number of hydrogen-bond donors (Lipinski definition) is 1. The summed E-state index contributed by atoms with van der Waals surface area (Å²) in [6.07, 6.45) is 1.69. The van der Waals surface area contributed by atoms with E-state index in [4.69, 9.17) is 5.73 Å². The average Bonchev–Trinajstić information content (AvgIpc) is 2.42. The van der Waals surface area contributed by atoms with Gasteiger partial charge in [-0.1, -0.05) is 13.8 Å². The molecule has 0 radical (unpaired) electrons. The Morgan fingerprint density at radius 1 is 1.33 bits per heavy atom. The van der Waals surface area contributed by atoms with Crippen LogP contribution in [-0.2, 0) is 10.0 Å². The fourth-order valence-corrected chi connectivity index (χ4v) is 4.78. The monoisotopic (exact) mass is 378 g/mol. The minimum absolute atomic E-state index is 0.0289.